The van der Waals surface area contributed by atoms with E-state index in [9.17, 15) is 4.79 Å². The smallest absolute Gasteiger partial charge is 0.232 e. The van der Waals surface area contributed by atoms with Gasteiger partial charge >= 0.3 is 0 Å². The lowest BCUT2D eigenvalue weighted by Crippen LogP contribution is -2.37. The first-order chi connectivity index (χ1) is 15.1. The third-order valence-corrected chi connectivity index (χ3v) is 6.54. The lowest BCUT2D eigenvalue weighted by Gasteiger charge is -2.28. The molecule has 6 nitrogen and oxygen atoms in total. The molecule has 0 amide bonds. The lowest BCUT2D eigenvalue weighted by atomic mass is 10.1. The number of nitrogens with zero attached hydrogens (tertiary/aromatic N) is 4. The monoisotopic (exact) mass is 436 g/mol. The molecule has 0 saturated carbocycles. The summed E-state index contributed by atoms with van der Waals surface area (Å²) in [5, 5.41) is 9.41. The highest BCUT2D eigenvalue weighted by Gasteiger charge is 2.25. The molecule has 4 rings (SSSR count). The molecule has 1 atom stereocenters. The van der Waals surface area contributed by atoms with Crippen LogP contribution in [0.25, 0.3) is 5.69 Å². The summed E-state index contributed by atoms with van der Waals surface area (Å²) < 4.78 is 7.56. The van der Waals surface area contributed by atoms with Gasteiger partial charge in [-0.15, -0.1) is 10.2 Å². The first-order valence-corrected chi connectivity index (χ1v) is 11.6. The van der Waals surface area contributed by atoms with Crippen LogP contribution in [0.1, 0.15) is 35.3 Å². The van der Waals surface area contributed by atoms with Crippen LogP contribution >= 0.6 is 11.8 Å². The van der Waals surface area contributed by atoms with Gasteiger partial charge in [-0.05, 0) is 38.0 Å². The van der Waals surface area contributed by atoms with Crippen LogP contribution < -0.4 is 4.90 Å². The van der Waals surface area contributed by atoms with Crippen molar-refractivity contribution >= 4 is 23.5 Å². The third kappa shape index (κ3) is 4.83. The molecule has 162 valence electrons. The summed E-state index contributed by atoms with van der Waals surface area (Å²) in [7, 11) is 0. The summed E-state index contributed by atoms with van der Waals surface area (Å²) in [6.45, 7) is 9.00. The zero-order valence-corrected chi connectivity index (χ0v) is 19.1. The SMILES string of the molecule is CCc1ccc(C(=O)C(C)Sc2nnc(N3CCOCC3)n2-c2ccc(C)cc2)cc1. The molecule has 1 unspecified atom stereocenters. The predicted molar refractivity (Wildman–Crippen MR) is 125 cm³/mol. The number of aryl methyl sites for hydroxylation is 2. The molecule has 2 heterocycles. The number of aromatic nitrogens is 3. The van der Waals surface area contributed by atoms with Crippen LogP contribution in [0.5, 0.6) is 0 Å². The van der Waals surface area contributed by atoms with E-state index in [2.05, 4.69) is 57.8 Å². The van der Waals surface area contributed by atoms with Crippen molar-refractivity contribution in [3.63, 3.8) is 0 Å². The minimum absolute atomic E-state index is 0.0963. The second-order valence-electron chi connectivity index (χ2n) is 7.73. The average Bonchev–Trinajstić information content (AvgIpc) is 3.23. The molecule has 1 saturated heterocycles. The standard InChI is InChI=1S/C24H28N4O2S/c1-4-19-7-9-20(10-8-19)22(29)18(3)31-24-26-25-23(27-13-15-30-16-14-27)28(24)21-11-5-17(2)6-12-21/h5-12,18H,4,13-16H2,1-3H3. The second kappa shape index (κ2) is 9.66. The summed E-state index contributed by atoms with van der Waals surface area (Å²) in [4.78, 5) is 15.2. The van der Waals surface area contributed by atoms with E-state index < -0.39 is 0 Å². The molecule has 0 N–H and O–H groups in total. The van der Waals surface area contributed by atoms with E-state index in [0.29, 0.717) is 13.2 Å². The Morgan fingerprint density at radius 1 is 1.06 bits per heavy atom. The Morgan fingerprint density at radius 2 is 1.74 bits per heavy atom. The summed E-state index contributed by atoms with van der Waals surface area (Å²) in [6, 6.07) is 16.2. The Balaban J connectivity index is 1.63. The van der Waals surface area contributed by atoms with Gasteiger partial charge in [0.1, 0.15) is 0 Å². The van der Waals surface area contributed by atoms with Crippen molar-refractivity contribution in [1.82, 2.24) is 14.8 Å². The highest BCUT2D eigenvalue weighted by Crippen LogP contribution is 2.31. The first kappa shape index (κ1) is 21.6. The normalized spacial score (nSPS) is 15.1. The number of hydrogen-bond acceptors (Lipinski definition) is 6. The zero-order chi connectivity index (χ0) is 21.8. The van der Waals surface area contributed by atoms with E-state index in [1.807, 2.05) is 31.2 Å². The fourth-order valence-electron chi connectivity index (χ4n) is 3.58. The lowest BCUT2D eigenvalue weighted by molar-refractivity contribution is 0.0994. The molecule has 0 spiro atoms. The largest absolute Gasteiger partial charge is 0.378 e. The topological polar surface area (TPSA) is 60.3 Å². The number of Topliss-reactive ketones (excluding diaryl/α,β-unsaturated/α-hetero) is 1. The maximum Gasteiger partial charge on any atom is 0.232 e. The van der Waals surface area contributed by atoms with Gasteiger partial charge in [0, 0.05) is 18.7 Å². The Morgan fingerprint density at radius 3 is 2.39 bits per heavy atom. The molecule has 0 aliphatic carbocycles. The van der Waals surface area contributed by atoms with Crippen LogP contribution in [0.3, 0.4) is 0 Å². The number of benzene rings is 2. The van der Waals surface area contributed by atoms with Gasteiger partial charge in [-0.2, -0.15) is 0 Å². The van der Waals surface area contributed by atoms with Gasteiger partial charge in [-0.1, -0.05) is 60.6 Å². The van der Waals surface area contributed by atoms with Gasteiger partial charge < -0.3 is 9.64 Å². The van der Waals surface area contributed by atoms with Crippen LogP contribution in [-0.2, 0) is 11.2 Å². The molecule has 1 fully saturated rings. The Labute approximate surface area is 187 Å². The van der Waals surface area contributed by atoms with Crippen molar-refractivity contribution in [1.29, 1.82) is 0 Å². The minimum Gasteiger partial charge on any atom is -0.378 e. The number of morpholine rings is 1. The van der Waals surface area contributed by atoms with Crippen molar-refractivity contribution in [2.45, 2.75) is 37.6 Å². The number of ether oxygens (including phenoxy) is 1. The van der Waals surface area contributed by atoms with Crippen LogP contribution in [0, 0.1) is 6.92 Å². The Kier molecular flexibility index (Phi) is 6.73. The van der Waals surface area contributed by atoms with E-state index in [-0.39, 0.29) is 11.0 Å². The van der Waals surface area contributed by atoms with Crippen LogP contribution in [-0.4, -0.2) is 52.1 Å². The van der Waals surface area contributed by atoms with E-state index in [4.69, 9.17) is 4.74 Å². The van der Waals surface area contributed by atoms with Crippen molar-refractivity contribution in [3.8, 4) is 5.69 Å². The summed E-state index contributed by atoms with van der Waals surface area (Å²) in [5.74, 6) is 0.889. The fourth-order valence-corrected chi connectivity index (χ4v) is 4.52. The molecule has 7 heteroatoms. The number of rotatable bonds is 7. The molecule has 1 aromatic heterocycles. The third-order valence-electron chi connectivity index (χ3n) is 5.50. The molecular weight excluding hydrogens is 408 g/mol. The zero-order valence-electron chi connectivity index (χ0n) is 18.2. The van der Waals surface area contributed by atoms with Crippen LogP contribution in [0.4, 0.5) is 5.95 Å². The molecule has 0 radical (unpaired) electrons. The van der Waals surface area contributed by atoms with Crippen molar-refractivity contribution in [2.75, 3.05) is 31.2 Å². The van der Waals surface area contributed by atoms with Gasteiger partial charge in [0.05, 0.1) is 24.2 Å². The molecule has 1 aliphatic heterocycles. The molecule has 3 aromatic rings. The number of thioether (sulfide) groups is 1. The van der Waals surface area contributed by atoms with E-state index in [1.54, 1.807) is 0 Å². The molecule has 1 aliphatic rings. The summed E-state index contributed by atoms with van der Waals surface area (Å²) in [5.41, 5.74) is 4.14. The minimum atomic E-state index is -0.279. The van der Waals surface area contributed by atoms with Gasteiger partial charge in [-0.3, -0.25) is 9.36 Å². The van der Waals surface area contributed by atoms with E-state index in [1.165, 1.54) is 22.9 Å². The van der Waals surface area contributed by atoms with Crippen molar-refractivity contribution in [3.05, 3.63) is 65.2 Å². The number of hydrogen-bond donors (Lipinski definition) is 0. The molecular formula is C24H28N4O2S. The van der Waals surface area contributed by atoms with Crippen LogP contribution in [0.2, 0.25) is 0 Å². The highest BCUT2D eigenvalue weighted by atomic mass is 32.2. The molecule has 0 bridgehead atoms. The maximum absolute atomic E-state index is 13.0. The number of anilines is 1. The van der Waals surface area contributed by atoms with E-state index in [0.717, 1.165) is 41.9 Å². The van der Waals surface area contributed by atoms with E-state index >= 15 is 0 Å². The van der Waals surface area contributed by atoms with Gasteiger partial charge in [0.25, 0.3) is 0 Å². The Hall–Kier alpha value is -2.64. The van der Waals surface area contributed by atoms with Crippen molar-refractivity contribution < 1.29 is 9.53 Å². The molecule has 2 aromatic carbocycles. The van der Waals surface area contributed by atoms with Crippen LogP contribution in [0.15, 0.2) is 53.7 Å². The fraction of sp³-hybridized carbons (Fsp3) is 0.375. The predicted octanol–water partition coefficient (Wildman–Crippen LogP) is 4.34. The van der Waals surface area contributed by atoms with Gasteiger partial charge in [0.15, 0.2) is 10.9 Å². The summed E-state index contributed by atoms with van der Waals surface area (Å²) >= 11 is 1.45. The number of carbonyl (C=O) groups is 1. The number of ketones is 1. The van der Waals surface area contributed by atoms with Gasteiger partial charge in [0.2, 0.25) is 5.95 Å². The second-order valence-corrected chi connectivity index (χ2v) is 9.04. The average molecular weight is 437 g/mol. The van der Waals surface area contributed by atoms with Gasteiger partial charge in [-0.25, -0.2) is 0 Å². The Bertz CT molecular complexity index is 1020. The highest BCUT2D eigenvalue weighted by molar-refractivity contribution is 8.00. The maximum atomic E-state index is 13.0. The quantitative estimate of drug-likeness (QED) is 0.406. The number of carbonyl (C=O) groups excluding carboxylic acids is 1. The molecule has 31 heavy (non-hydrogen) atoms. The summed E-state index contributed by atoms with van der Waals surface area (Å²) in [6.07, 6.45) is 0.961. The first-order valence-electron chi connectivity index (χ1n) is 10.7. The van der Waals surface area contributed by atoms with Crippen molar-refractivity contribution in [2.24, 2.45) is 0 Å².